The van der Waals surface area contributed by atoms with Gasteiger partial charge in [-0.25, -0.2) is 0 Å². The van der Waals surface area contributed by atoms with E-state index in [-0.39, 0.29) is 36.9 Å². The molecule has 3 amide bonds. The summed E-state index contributed by atoms with van der Waals surface area (Å²) in [7, 11) is 0. The summed E-state index contributed by atoms with van der Waals surface area (Å²) in [5.74, 6) is 0.604. The number of carbonyl (C=O) groups excluding carboxylic acids is 3. The number of amides is 3. The van der Waals surface area contributed by atoms with Crippen molar-refractivity contribution in [1.29, 1.82) is 0 Å². The van der Waals surface area contributed by atoms with Gasteiger partial charge in [-0.3, -0.25) is 19.3 Å². The van der Waals surface area contributed by atoms with Gasteiger partial charge in [-0.15, -0.1) is 0 Å². The molecule has 3 aromatic rings. The summed E-state index contributed by atoms with van der Waals surface area (Å²) < 4.78 is 12.6. The highest BCUT2D eigenvalue weighted by molar-refractivity contribution is 8.18. The molecule has 33 heavy (non-hydrogen) atoms. The number of aromatic nitrogens is 1. The molecule has 1 aromatic heterocycles. The molecule has 5 rings (SSSR count). The van der Waals surface area contributed by atoms with E-state index in [0.717, 1.165) is 27.9 Å². The van der Waals surface area contributed by atoms with E-state index in [1.165, 1.54) is 0 Å². The zero-order valence-electron chi connectivity index (χ0n) is 17.4. The zero-order valence-corrected chi connectivity index (χ0v) is 18.2. The summed E-state index contributed by atoms with van der Waals surface area (Å²) in [5.41, 5.74) is 2.19. The van der Waals surface area contributed by atoms with Crippen LogP contribution in [-0.4, -0.2) is 46.4 Å². The molecule has 2 aliphatic rings. The van der Waals surface area contributed by atoms with Crippen molar-refractivity contribution in [3.63, 3.8) is 0 Å². The Balaban J connectivity index is 1.17. The molecule has 166 valence electrons. The molecule has 0 bridgehead atoms. The second kappa shape index (κ2) is 8.87. The van der Waals surface area contributed by atoms with E-state index in [4.69, 9.17) is 9.47 Å². The van der Waals surface area contributed by atoms with E-state index in [1.54, 1.807) is 36.4 Å². The minimum absolute atomic E-state index is 0.0936. The van der Waals surface area contributed by atoms with Crippen LogP contribution >= 0.6 is 11.8 Å². The Labute approximate surface area is 193 Å². The number of carbonyl (C=O) groups is 3. The highest BCUT2D eigenvalue weighted by Crippen LogP contribution is 2.36. The number of nitrogens with zero attached hydrogens (tertiary/aromatic N) is 2. The van der Waals surface area contributed by atoms with Crippen LogP contribution < -0.4 is 14.8 Å². The summed E-state index contributed by atoms with van der Waals surface area (Å²) >= 11 is 0.877. The quantitative estimate of drug-likeness (QED) is 0.564. The average Bonchev–Trinajstić information content (AvgIpc) is 3.57. The number of ether oxygens (including phenoxy) is 2. The van der Waals surface area contributed by atoms with E-state index in [0.29, 0.717) is 22.0 Å². The lowest BCUT2D eigenvalue weighted by atomic mass is 10.2. The number of thioether (sulfide) groups is 1. The first kappa shape index (κ1) is 20.9. The van der Waals surface area contributed by atoms with Crippen LogP contribution in [0.2, 0.25) is 0 Å². The second-order valence-corrected chi connectivity index (χ2v) is 8.33. The number of benzene rings is 2. The van der Waals surface area contributed by atoms with Gasteiger partial charge in [-0.05, 0) is 71.9 Å². The second-order valence-electron chi connectivity index (χ2n) is 7.34. The van der Waals surface area contributed by atoms with E-state index in [9.17, 15) is 14.4 Å². The molecule has 0 atom stereocenters. The highest BCUT2D eigenvalue weighted by Gasteiger charge is 2.34. The molecule has 0 unspecified atom stereocenters. The monoisotopic (exact) mass is 461 g/mol. The van der Waals surface area contributed by atoms with Crippen molar-refractivity contribution in [2.75, 3.05) is 19.9 Å². The van der Waals surface area contributed by atoms with Crippen LogP contribution in [-0.2, 0) is 4.79 Å². The summed E-state index contributed by atoms with van der Waals surface area (Å²) in [6.07, 6.45) is 5.50. The van der Waals surface area contributed by atoms with Gasteiger partial charge in [0.2, 0.25) is 6.79 Å². The minimum Gasteiger partial charge on any atom is -0.454 e. The van der Waals surface area contributed by atoms with Crippen LogP contribution in [0.25, 0.3) is 11.8 Å². The van der Waals surface area contributed by atoms with Crippen molar-refractivity contribution < 1.29 is 23.9 Å². The number of hydrogen-bond donors (Lipinski definition) is 1. The van der Waals surface area contributed by atoms with Crippen molar-refractivity contribution in [3.05, 3.63) is 83.0 Å². The lowest BCUT2D eigenvalue weighted by molar-refractivity contribution is -0.122. The molecule has 0 radical (unpaired) electrons. The Hall–Kier alpha value is -3.98. The van der Waals surface area contributed by atoms with Gasteiger partial charge >= 0.3 is 0 Å². The first-order chi connectivity index (χ1) is 16.1. The molecule has 0 spiro atoms. The number of hydrogen-bond acceptors (Lipinski definition) is 6. The van der Waals surface area contributed by atoms with Gasteiger partial charge in [0.05, 0.1) is 4.91 Å². The molecule has 2 aliphatic heterocycles. The Morgan fingerprint density at radius 2 is 1.79 bits per heavy atom. The molecular weight excluding hydrogens is 442 g/mol. The first-order valence-electron chi connectivity index (χ1n) is 10.2. The van der Waals surface area contributed by atoms with Gasteiger partial charge in [-0.1, -0.05) is 6.07 Å². The van der Waals surface area contributed by atoms with Crippen molar-refractivity contribution in [2.24, 2.45) is 0 Å². The molecule has 3 heterocycles. The number of nitrogens with one attached hydrogen (secondary N) is 1. The molecule has 2 aromatic carbocycles. The summed E-state index contributed by atoms with van der Waals surface area (Å²) in [6, 6.07) is 16.3. The predicted molar refractivity (Wildman–Crippen MR) is 123 cm³/mol. The SMILES string of the molecule is O=C(NCCN1C(=O)S/C(=C\c2ccc3c(c2)OCO3)C1=O)c1ccc(-n2cccc2)cc1. The lowest BCUT2D eigenvalue weighted by Gasteiger charge is -2.13. The van der Waals surface area contributed by atoms with Gasteiger partial charge in [0.25, 0.3) is 17.1 Å². The molecular formula is C24H19N3O5S. The third-order valence-corrected chi connectivity index (χ3v) is 6.13. The fourth-order valence-electron chi connectivity index (χ4n) is 3.52. The Morgan fingerprint density at radius 1 is 1.03 bits per heavy atom. The van der Waals surface area contributed by atoms with E-state index < -0.39 is 0 Å². The molecule has 8 nitrogen and oxygen atoms in total. The van der Waals surface area contributed by atoms with Crippen LogP contribution in [0, 0.1) is 0 Å². The molecule has 1 N–H and O–H groups in total. The molecule has 1 fully saturated rings. The fraction of sp³-hybridized carbons (Fsp3) is 0.125. The smallest absolute Gasteiger partial charge is 0.293 e. The van der Waals surface area contributed by atoms with Gasteiger partial charge in [0, 0.05) is 36.7 Å². The maximum Gasteiger partial charge on any atom is 0.293 e. The summed E-state index contributed by atoms with van der Waals surface area (Å²) in [5, 5.41) is 2.40. The Bertz CT molecular complexity index is 1250. The third kappa shape index (κ3) is 4.35. The van der Waals surface area contributed by atoms with Crippen molar-refractivity contribution in [3.8, 4) is 17.2 Å². The van der Waals surface area contributed by atoms with E-state index in [1.807, 2.05) is 41.2 Å². The van der Waals surface area contributed by atoms with E-state index >= 15 is 0 Å². The lowest BCUT2D eigenvalue weighted by Crippen LogP contribution is -2.37. The van der Waals surface area contributed by atoms with Crippen LogP contribution in [0.15, 0.2) is 71.9 Å². The third-order valence-electron chi connectivity index (χ3n) is 5.22. The zero-order chi connectivity index (χ0) is 22.8. The maximum atomic E-state index is 12.7. The van der Waals surface area contributed by atoms with Crippen molar-refractivity contribution >= 4 is 34.9 Å². The van der Waals surface area contributed by atoms with Crippen molar-refractivity contribution in [2.45, 2.75) is 0 Å². The Morgan fingerprint density at radius 3 is 2.58 bits per heavy atom. The van der Waals surface area contributed by atoms with Crippen LogP contribution in [0.5, 0.6) is 11.5 Å². The molecule has 1 saturated heterocycles. The maximum absolute atomic E-state index is 12.7. The largest absolute Gasteiger partial charge is 0.454 e. The van der Waals surface area contributed by atoms with Gasteiger partial charge in [0.1, 0.15) is 0 Å². The number of fused-ring (bicyclic) bond motifs is 1. The average molecular weight is 461 g/mol. The first-order valence-corrected chi connectivity index (χ1v) is 11.1. The fourth-order valence-corrected chi connectivity index (χ4v) is 4.39. The van der Waals surface area contributed by atoms with Crippen LogP contribution in [0.4, 0.5) is 4.79 Å². The highest BCUT2D eigenvalue weighted by atomic mass is 32.2. The number of rotatable bonds is 6. The van der Waals surface area contributed by atoms with Gasteiger partial charge in [-0.2, -0.15) is 0 Å². The van der Waals surface area contributed by atoms with Gasteiger partial charge in [0.15, 0.2) is 11.5 Å². The normalized spacial score (nSPS) is 16.0. The van der Waals surface area contributed by atoms with Crippen LogP contribution in [0.1, 0.15) is 15.9 Å². The molecule has 0 aliphatic carbocycles. The molecule has 0 saturated carbocycles. The Kier molecular flexibility index (Phi) is 5.62. The van der Waals surface area contributed by atoms with Crippen LogP contribution in [0.3, 0.4) is 0 Å². The summed E-state index contributed by atoms with van der Waals surface area (Å²) in [4.78, 5) is 38.9. The standard InChI is InChI=1S/C24H19N3O5S/c28-22(17-4-6-18(7-5-17)26-10-1-2-11-26)25-9-12-27-23(29)21(33-24(27)30)14-16-3-8-19-20(13-16)32-15-31-19/h1-8,10-11,13-14H,9,12,15H2,(H,25,28)/b21-14-. The predicted octanol–water partition coefficient (Wildman–Crippen LogP) is 3.67. The van der Waals surface area contributed by atoms with Gasteiger partial charge < -0.3 is 19.4 Å². The molecule has 9 heteroatoms. The minimum atomic E-state index is -0.381. The number of imide groups is 1. The van der Waals surface area contributed by atoms with E-state index in [2.05, 4.69) is 5.32 Å². The topological polar surface area (TPSA) is 89.9 Å². The van der Waals surface area contributed by atoms with Crippen molar-refractivity contribution in [1.82, 2.24) is 14.8 Å². The summed E-state index contributed by atoms with van der Waals surface area (Å²) in [6.45, 7) is 0.419.